The van der Waals surface area contributed by atoms with E-state index in [1.165, 1.54) is 36.8 Å². The van der Waals surface area contributed by atoms with Gasteiger partial charge in [0.05, 0.1) is 30.1 Å². The first-order chi connectivity index (χ1) is 14.1. The second-order valence-electron chi connectivity index (χ2n) is 7.32. The number of thiophene rings is 1. The summed E-state index contributed by atoms with van der Waals surface area (Å²) in [6, 6.07) is 8.78. The first kappa shape index (κ1) is 18.1. The molecule has 0 atom stereocenters. The molecule has 0 aliphatic heterocycles. The van der Waals surface area contributed by atoms with Crippen LogP contribution in [0.25, 0.3) is 21.3 Å². The Kier molecular flexibility index (Phi) is 4.24. The molecule has 7 nitrogen and oxygen atoms in total. The minimum Gasteiger partial charge on any atom is -0.465 e. The largest absolute Gasteiger partial charge is 0.465 e. The van der Waals surface area contributed by atoms with Crippen LogP contribution >= 0.6 is 11.3 Å². The van der Waals surface area contributed by atoms with Crippen molar-refractivity contribution in [3.8, 4) is 0 Å². The molecule has 1 fully saturated rings. The Morgan fingerprint density at radius 1 is 1.24 bits per heavy atom. The molecule has 1 N–H and O–H groups in total. The molecule has 5 rings (SSSR count). The fourth-order valence-corrected chi connectivity index (χ4v) is 4.93. The minimum absolute atomic E-state index is 0.343. The number of anilines is 1. The maximum absolute atomic E-state index is 12.1. The summed E-state index contributed by atoms with van der Waals surface area (Å²) in [5.41, 5.74) is 3.03. The summed E-state index contributed by atoms with van der Waals surface area (Å²) < 4.78 is 7.26. The quantitative estimate of drug-likeness (QED) is 0.494. The lowest BCUT2D eigenvalue weighted by molar-refractivity contribution is 0.0605. The molecule has 1 aliphatic carbocycles. The van der Waals surface area contributed by atoms with Crippen LogP contribution in [0, 0.1) is 13.8 Å². The minimum atomic E-state index is -0.343. The third-order valence-electron chi connectivity index (χ3n) is 5.27. The van der Waals surface area contributed by atoms with E-state index in [4.69, 9.17) is 9.72 Å². The molecule has 3 heterocycles. The summed E-state index contributed by atoms with van der Waals surface area (Å²) in [7, 11) is 1.39. The molecule has 1 saturated carbocycles. The molecule has 4 aromatic rings. The first-order valence-corrected chi connectivity index (χ1v) is 10.4. The molecule has 0 saturated heterocycles. The van der Waals surface area contributed by atoms with E-state index in [0.717, 1.165) is 32.9 Å². The molecule has 0 bridgehead atoms. The van der Waals surface area contributed by atoms with Crippen molar-refractivity contribution in [1.29, 1.82) is 0 Å². The van der Waals surface area contributed by atoms with E-state index in [0.29, 0.717) is 23.3 Å². The maximum Gasteiger partial charge on any atom is 0.348 e. The van der Waals surface area contributed by atoms with E-state index in [1.54, 1.807) is 0 Å². The van der Waals surface area contributed by atoms with Crippen LogP contribution in [-0.4, -0.2) is 32.6 Å². The summed E-state index contributed by atoms with van der Waals surface area (Å²) in [6.45, 7) is 4.32. The third-order valence-corrected chi connectivity index (χ3v) is 6.43. The van der Waals surface area contributed by atoms with Gasteiger partial charge in [-0.1, -0.05) is 12.1 Å². The van der Waals surface area contributed by atoms with Crippen LogP contribution < -0.4 is 5.32 Å². The number of carbonyl (C=O) groups excluding carboxylic acids is 1. The number of rotatable bonds is 5. The zero-order valence-corrected chi connectivity index (χ0v) is 17.3. The first-order valence-electron chi connectivity index (χ1n) is 9.62. The summed E-state index contributed by atoms with van der Waals surface area (Å²) in [6.07, 6.45) is 2.38. The average molecular weight is 407 g/mol. The van der Waals surface area contributed by atoms with Gasteiger partial charge in [0.1, 0.15) is 27.2 Å². The van der Waals surface area contributed by atoms with Crippen molar-refractivity contribution in [1.82, 2.24) is 19.5 Å². The molecular formula is C21H21N5O2S. The van der Waals surface area contributed by atoms with Gasteiger partial charge in [-0.25, -0.2) is 19.7 Å². The Morgan fingerprint density at radius 3 is 2.79 bits per heavy atom. The molecule has 1 aromatic carbocycles. The zero-order valence-electron chi connectivity index (χ0n) is 16.5. The molecule has 3 aromatic heterocycles. The third kappa shape index (κ3) is 3.04. The van der Waals surface area contributed by atoms with E-state index in [2.05, 4.69) is 38.1 Å². The summed E-state index contributed by atoms with van der Waals surface area (Å²) in [5.74, 6) is 2.04. The highest BCUT2D eigenvalue weighted by Crippen LogP contribution is 2.39. The molecule has 0 amide bonds. The predicted octanol–water partition coefficient (Wildman–Crippen LogP) is 4.39. The Morgan fingerprint density at radius 2 is 2.03 bits per heavy atom. The highest BCUT2D eigenvalue weighted by atomic mass is 32.1. The van der Waals surface area contributed by atoms with Crippen LogP contribution in [-0.2, 0) is 11.3 Å². The highest BCUT2D eigenvalue weighted by molar-refractivity contribution is 7.20. The number of para-hydroxylation sites is 2. The van der Waals surface area contributed by atoms with Gasteiger partial charge in [0, 0.05) is 6.04 Å². The SMILES string of the molecule is COC(=O)c1sc2nc(C)nc(NCc3nc4ccccc4n3C3CC3)c2c1C. The van der Waals surface area contributed by atoms with Crippen molar-refractivity contribution >= 4 is 44.4 Å². The van der Waals surface area contributed by atoms with Crippen molar-refractivity contribution < 1.29 is 9.53 Å². The van der Waals surface area contributed by atoms with E-state index in [1.807, 2.05) is 19.9 Å². The smallest absolute Gasteiger partial charge is 0.348 e. The number of aromatic nitrogens is 4. The highest BCUT2D eigenvalue weighted by Gasteiger charge is 2.28. The van der Waals surface area contributed by atoms with Gasteiger partial charge in [-0.2, -0.15) is 0 Å². The lowest BCUT2D eigenvalue weighted by Gasteiger charge is -2.11. The molecular weight excluding hydrogens is 386 g/mol. The molecule has 29 heavy (non-hydrogen) atoms. The van der Waals surface area contributed by atoms with Crippen LogP contribution in [0.2, 0.25) is 0 Å². The van der Waals surface area contributed by atoms with Crippen molar-refractivity contribution in [3.63, 3.8) is 0 Å². The number of aryl methyl sites for hydroxylation is 2. The number of esters is 1. The van der Waals surface area contributed by atoms with Crippen molar-refractivity contribution in [2.45, 2.75) is 39.3 Å². The fraction of sp³-hybridized carbons (Fsp3) is 0.333. The number of nitrogens with one attached hydrogen (secondary N) is 1. The van der Waals surface area contributed by atoms with Crippen molar-refractivity contribution in [3.05, 3.63) is 46.4 Å². The van der Waals surface area contributed by atoms with Gasteiger partial charge in [-0.05, 0) is 44.4 Å². The number of carbonyl (C=O) groups is 1. The van der Waals surface area contributed by atoms with Gasteiger partial charge in [-0.15, -0.1) is 11.3 Å². The molecule has 8 heteroatoms. The van der Waals surface area contributed by atoms with Gasteiger partial charge < -0.3 is 14.6 Å². The van der Waals surface area contributed by atoms with E-state index >= 15 is 0 Å². The number of benzene rings is 1. The Hall–Kier alpha value is -3.00. The van der Waals surface area contributed by atoms with Crippen LogP contribution in [0.5, 0.6) is 0 Å². The van der Waals surface area contributed by atoms with Gasteiger partial charge >= 0.3 is 5.97 Å². The molecule has 0 unspecified atom stereocenters. The lowest BCUT2D eigenvalue weighted by atomic mass is 10.2. The van der Waals surface area contributed by atoms with Crippen molar-refractivity contribution in [2.24, 2.45) is 0 Å². The number of imidazole rings is 1. The molecule has 148 valence electrons. The summed E-state index contributed by atoms with van der Waals surface area (Å²) in [5, 5.41) is 4.33. The van der Waals surface area contributed by atoms with E-state index in [9.17, 15) is 4.79 Å². The molecule has 0 spiro atoms. The Balaban J connectivity index is 1.55. The van der Waals surface area contributed by atoms with Crippen LogP contribution in [0.1, 0.15) is 45.8 Å². The number of fused-ring (bicyclic) bond motifs is 2. The van der Waals surface area contributed by atoms with Crippen molar-refractivity contribution in [2.75, 3.05) is 12.4 Å². The molecule has 1 aliphatic rings. The lowest BCUT2D eigenvalue weighted by Crippen LogP contribution is -2.10. The number of ether oxygens (including phenoxy) is 1. The van der Waals surface area contributed by atoms with E-state index in [-0.39, 0.29) is 5.97 Å². The Labute approximate surface area is 171 Å². The summed E-state index contributed by atoms with van der Waals surface area (Å²) in [4.78, 5) is 27.4. The van der Waals surface area contributed by atoms with Gasteiger partial charge in [0.2, 0.25) is 0 Å². The van der Waals surface area contributed by atoms with Crippen LogP contribution in [0.4, 0.5) is 5.82 Å². The standard InChI is InChI=1S/C21H21N5O2S/c1-11-17-19(23-12(2)24-20(17)29-18(11)21(27)28-3)22-10-16-25-14-6-4-5-7-15(14)26(16)13-8-9-13/h4-7,13H,8-10H2,1-3H3,(H,22,23,24). The average Bonchev–Trinajstić information content (AvgIpc) is 3.40. The van der Waals surface area contributed by atoms with Gasteiger partial charge in [0.15, 0.2) is 0 Å². The topological polar surface area (TPSA) is 81.9 Å². The second-order valence-corrected chi connectivity index (χ2v) is 8.32. The zero-order chi connectivity index (χ0) is 20.1. The monoisotopic (exact) mass is 407 g/mol. The van der Waals surface area contributed by atoms with Crippen LogP contribution in [0.3, 0.4) is 0 Å². The van der Waals surface area contributed by atoms with E-state index < -0.39 is 0 Å². The number of nitrogens with zero attached hydrogens (tertiary/aromatic N) is 4. The number of hydrogen-bond donors (Lipinski definition) is 1. The van der Waals surface area contributed by atoms with Gasteiger partial charge in [-0.3, -0.25) is 0 Å². The number of methoxy groups -OCH3 is 1. The fourth-order valence-electron chi connectivity index (χ4n) is 3.78. The normalized spacial score (nSPS) is 13.9. The number of hydrogen-bond acceptors (Lipinski definition) is 7. The summed E-state index contributed by atoms with van der Waals surface area (Å²) >= 11 is 1.34. The second kappa shape index (κ2) is 6.81. The molecule has 0 radical (unpaired) electrons. The predicted molar refractivity (Wildman–Crippen MR) is 114 cm³/mol. The van der Waals surface area contributed by atoms with Gasteiger partial charge in [0.25, 0.3) is 0 Å². The van der Waals surface area contributed by atoms with Crippen LogP contribution in [0.15, 0.2) is 24.3 Å². The maximum atomic E-state index is 12.1. The Bertz CT molecular complexity index is 1260.